The summed E-state index contributed by atoms with van der Waals surface area (Å²) in [5.74, 6) is -0.0326. The van der Waals surface area contributed by atoms with Crippen molar-refractivity contribution in [3.63, 3.8) is 0 Å². The number of likely N-dealkylation sites (tertiary alicyclic amines) is 1. The number of fused-ring (bicyclic) bond motifs is 1. The summed E-state index contributed by atoms with van der Waals surface area (Å²) < 4.78 is 1.41. The molecule has 3 rings (SSSR count). The van der Waals surface area contributed by atoms with Crippen LogP contribution in [-0.4, -0.2) is 44.7 Å². The highest BCUT2D eigenvalue weighted by molar-refractivity contribution is 7.15. The fraction of sp³-hybridized carbons (Fsp3) is 0.400. The molecule has 1 aliphatic heterocycles. The number of thiazole rings is 1. The van der Waals surface area contributed by atoms with Gasteiger partial charge in [0, 0.05) is 19.0 Å². The second-order valence-electron chi connectivity index (χ2n) is 4.34. The minimum Gasteiger partial charge on any atom is -0.358 e. The van der Waals surface area contributed by atoms with Gasteiger partial charge in [-0.3, -0.25) is 4.79 Å². The number of carbonyl (C=O) groups is 1. The van der Waals surface area contributed by atoms with Gasteiger partial charge in [0.15, 0.2) is 0 Å². The monoisotopic (exact) mass is 281 g/mol. The number of anilines is 1. The maximum Gasteiger partial charge on any atom is 0.372 e. The molecule has 0 aliphatic carbocycles. The van der Waals surface area contributed by atoms with Gasteiger partial charge in [0.2, 0.25) is 11.7 Å². The molecule has 2 aromatic rings. The molecule has 8 nitrogen and oxygen atoms in total. The first-order valence-corrected chi connectivity index (χ1v) is 6.57. The number of likely N-dealkylation sites (N-methyl/N-ethyl adjacent to an activating group) is 1. The minimum atomic E-state index is -0.488. The molecule has 1 saturated heterocycles. The van der Waals surface area contributed by atoms with Crippen molar-refractivity contribution >= 4 is 33.8 Å². The Morgan fingerprint density at radius 3 is 3.05 bits per heavy atom. The van der Waals surface area contributed by atoms with E-state index in [4.69, 9.17) is 0 Å². The highest BCUT2D eigenvalue weighted by Crippen LogP contribution is 2.29. The van der Waals surface area contributed by atoms with Crippen molar-refractivity contribution in [3.05, 3.63) is 21.7 Å². The highest BCUT2D eigenvalue weighted by atomic mass is 32.1. The molecular formula is C10H11N5O3S. The van der Waals surface area contributed by atoms with Gasteiger partial charge in [-0.05, 0) is 11.3 Å². The summed E-state index contributed by atoms with van der Waals surface area (Å²) >= 11 is 1.31. The average Bonchev–Trinajstić information content (AvgIpc) is 2.99. The quantitative estimate of drug-likeness (QED) is 0.667. The van der Waals surface area contributed by atoms with Crippen LogP contribution in [-0.2, 0) is 4.79 Å². The topological polar surface area (TPSA) is 92.8 Å². The van der Waals surface area contributed by atoms with Gasteiger partial charge in [0.25, 0.3) is 4.96 Å². The van der Waals surface area contributed by atoms with Crippen molar-refractivity contribution in [1.82, 2.24) is 14.3 Å². The molecule has 100 valence electrons. The number of aromatic nitrogens is 2. The number of amides is 1. The zero-order valence-corrected chi connectivity index (χ0v) is 10.9. The van der Waals surface area contributed by atoms with E-state index in [1.807, 2.05) is 0 Å². The van der Waals surface area contributed by atoms with Crippen LogP contribution in [0.3, 0.4) is 0 Å². The zero-order valence-electron chi connectivity index (χ0n) is 10.1. The van der Waals surface area contributed by atoms with Crippen LogP contribution in [0.2, 0.25) is 0 Å². The molecule has 19 heavy (non-hydrogen) atoms. The molecule has 0 bridgehead atoms. The Hall–Kier alpha value is -2.16. The first-order chi connectivity index (χ1) is 9.08. The van der Waals surface area contributed by atoms with Crippen molar-refractivity contribution in [2.75, 3.05) is 18.9 Å². The molecule has 3 heterocycles. The number of rotatable bonds is 3. The van der Waals surface area contributed by atoms with E-state index < -0.39 is 11.0 Å². The van der Waals surface area contributed by atoms with E-state index in [9.17, 15) is 14.9 Å². The standard InChI is InChI=1S/C10H11N5O3S/c1-13-3-2-6(9(13)16)11-7-8(15(17)18)14-4-5-19-10(14)12-7/h4-6,11H,2-3H2,1H3. The van der Waals surface area contributed by atoms with E-state index in [-0.39, 0.29) is 17.5 Å². The van der Waals surface area contributed by atoms with Crippen molar-refractivity contribution in [2.45, 2.75) is 12.5 Å². The Bertz CT molecular complexity index is 663. The fourth-order valence-corrected chi connectivity index (χ4v) is 2.88. The number of nitrogens with zero attached hydrogens (tertiary/aromatic N) is 4. The van der Waals surface area contributed by atoms with E-state index in [1.54, 1.807) is 23.5 Å². The van der Waals surface area contributed by atoms with Gasteiger partial charge in [-0.1, -0.05) is 11.3 Å². The molecule has 1 N–H and O–H groups in total. The summed E-state index contributed by atoms with van der Waals surface area (Å²) in [6, 6.07) is -0.437. The number of imidazole rings is 1. The van der Waals surface area contributed by atoms with Crippen molar-refractivity contribution in [2.24, 2.45) is 0 Å². The van der Waals surface area contributed by atoms with Crippen LogP contribution in [0.25, 0.3) is 4.96 Å². The van der Waals surface area contributed by atoms with Crippen LogP contribution in [0.1, 0.15) is 6.42 Å². The molecule has 1 aliphatic rings. The van der Waals surface area contributed by atoms with Gasteiger partial charge >= 0.3 is 5.82 Å². The largest absolute Gasteiger partial charge is 0.372 e. The molecule has 9 heteroatoms. The van der Waals surface area contributed by atoms with Crippen LogP contribution >= 0.6 is 11.3 Å². The zero-order chi connectivity index (χ0) is 13.6. The van der Waals surface area contributed by atoms with Crippen LogP contribution in [0, 0.1) is 10.1 Å². The molecule has 1 atom stereocenters. The van der Waals surface area contributed by atoms with Crippen molar-refractivity contribution in [1.29, 1.82) is 0 Å². The lowest BCUT2D eigenvalue weighted by Gasteiger charge is -2.11. The third-order valence-corrected chi connectivity index (χ3v) is 3.90. The summed E-state index contributed by atoms with van der Waals surface area (Å²) in [6.45, 7) is 0.645. The minimum absolute atomic E-state index is 0.0642. The normalized spacial score (nSPS) is 19.3. The van der Waals surface area contributed by atoms with Gasteiger partial charge in [0.05, 0.1) is 0 Å². The highest BCUT2D eigenvalue weighted by Gasteiger charge is 2.33. The van der Waals surface area contributed by atoms with Crippen molar-refractivity contribution in [3.8, 4) is 0 Å². The second-order valence-corrected chi connectivity index (χ2v) is 5.22. The molecule has 0 aromatic carbocycles. The Balaban J connectivity index is 1.96. The fourth-order valence-electron chi connectivity index (χ4n) is 2.17. The summed E-state index contributed by atoms with van der Waals surface area (Å²) in [5, 5.41) is 15.7. The predicted octanol–water partition coefficient (Wildman–Crippen LogP) is 0.947. The van der Waals surface area contributed by atoms with Crippen LogP contribution in [0.5, 0.6) is 0 Å². The number of hydrogen-bond acceptors (Lipinski definition) is 6. The molecule has 0 saturated carbocycles. The van der Waals surface area contributed by atoms with Gasteiger partial charge in [-0.25, -0.2) is 0 Å². The lowest BCUT2D eigenvalue weighted by Crippen LogP contribution is -2.31. The number of hydrogen-bond donors (Lipinski definition) is 1. The third-order valence-electron chi connectivity index (χ3n) is 3.15. The maximum absolute atomic E-state index is 11.8. The Kier molecular flexibility index (Phi) is 2.63. The summed E-state index contributed by atoms with van der Waals surface area (Å²) in [5.41, 5.74) is 0. The summed E-state index contributed by atoms with van der Waals surface area (Å²) in [6.07, 6.45) is 2.22. The SMILES string of the molecule is CN1CCC(Nc2nc3sccn3c2[N+](=O)[O-])C1=O. The molecule has 2 aromatic heterocycles. The number of nitrogens with one attached hydrogen (secondary N) is 1. The van der Waals surface area contributed by atoms with E-state index >= 15 is 0 Å². The molecule has 1 fully saturated rings. The average molecular weight is 281 g/mol. The van der Waals surface area contributed by atoms with E-state index in [1.165, 1.54) is 15.7 Å². The lowest BCUT2D eigenvalue weighted by molar-refractivity contribution is -0.389. The van der Waals surface area contributed by atoms with Crippen LogP contribution in [0.15, 0.2) is 11.6 Å². The van der Waals surface area contributed by atoms with Gasteiger partial charge in [0.1, 0.15) is 12.2 Å². The van der Waals surface area contributed by atoms with Crippen LogP contribution < -0.4 is 5.32 Å². The predicted molar refractivity (Wildman–Crippen MR) is 69.4 cm³/mol. The molecule has 0 radical (unpaired) electrons. The maximum atomic E-state index is 11.8. The van der Waals surface area contributed by atoms with Gasteiger partial charge in [-0.15, -0.1) is 0 Å². The van der Waals surface area contributed by atoms with E-state index in [0.29, 0.717) is 17.9 Å². The Morgan fingerprint density at radius 2 is 2.42 bits per heavy atom. The van der Waals surface area contributed by atoms with E-state index in [0.717, 1.165) is 0 Å². The van der Waals surface area contributed by atoms with Gasteiger partial charge < -0.3 is 20.3 Å². The van der Waals surface area contributed by atoms with Gasteiger partial charge in [-0.2, -0.15) is 9.38 Å². The van der Waals surface area contributed by atoms with E-state index in [2.05, 4.69) is 10.3 Å². The smallest absolute Gasteiger partial charge is 0.358 e. The lowest BCUT2D eigenvalue weighted by atomic mass is 10.2. The summed E-state index contributed by atoms with van der Waals surface area (Å²) in [4.78, 5) is 28.8. The van der Waals surface area contributed by atoms with Crippen LogP contribution in [0.4, 0.5) is 11.6 Å². The summed E-state index contributed by atoms with van der Waals surface area (Å²) in [7, 11) is 1.71. The molecule has 0 spiro atoms. The van der Waals surface area contributed by atoms with Crippen molar-refractivity contribution < 1.29 is 9.72 Å². The molecule has 1 amide bonds. The third kappa shape index (κ3) is 1.82. The molecule has 1 unspecified atom stereocenters. The first kappa shape index (κ1) is 11.9. The Labute approximate surface area is 111 Å². The second kappa shape index (κ2) is 4.19. The Morgan fingerprint density at radius 1 is 1.63 bits per heavy atom. The molecular weight excluding hydrogens is 270 g/mol. The first-order valence-electron chi connectivity index (χ1n) is 5.69. The number of nitro groups is 1. The number of carbonyl (C=O) groups excluding carboxylic acids is 1.